The number of alkyl halides is 3. The highest BCUT2D eigenvalue weighted by molar-refractivity contribution is 5.44. The maximum atomic E-state index is 13.2. The van der Waals surface area contributed by atoms with Crippen molar-refractivity contribution in [3.63, 3.8) is 0 Å². The minimum Gasteiger partial charge on any atom is -0.341 e. The van der Waals surface area contributed by atoms with E-state index in [9.17, 15) is 13.2 Å². The van der Waals surface area contributed by atoms with Gasteiger partial charge < -0.3 is 9.47 Å². The topological polar surface area (TPSA) is 18.5 Å². The van der Waals surface area contributed by atoms with Crippen molar-refractivity contribution in [1.82, 2.24) is 0 Å². The highest BCUT2D eigenvalue weighted by atomic mass is 19.4. The third kappa shape index (κ3) is 3.93. The first-order chi connectivity index (χ1) is 12.4. The Morgan fingerprint density at radius 3 is 2.22 bits per heavy atom. The zero-order chi connectivity index (χ0) is 20.0. The van der Waals surface area contributed by atoms with Crippen LogP contribution in [0.1, 0.15) is 52.2 Å². The Bertz CT molecular complexity index is 801. The maximum absolute atomic E-state index is 13.2. The van der Waals surface area contributed by atoms with Gasteiger partial charge in [0, 0.05) is 17.9 Å². The van der Waals surface area contributed by atoms with Crippen molar-refractivity contribution in [2.45, 2.75) is 65.2 Å². The summed E-state index contributed by atoms with van der Waals surface area (Å²) in [5, 5.41) is 0. The Morgan fingerprint density at radius 2 is 1.67 bits per heavy atom. The van der Waals surface area contributed by atoms with Crippen molar-refractivity contribution in [3.05, 3.63) is 47.0 Å². The first kappa shape index (κ1) is 20.0. The van der Waals surface area contributed by atoms with Gasteiger partial charge in [-0.15, -0.1) is 0 Å². The van der Waals surface area contributed by atoms with Gasteiger partial charge in [-0.25, -0.2) is 0 Å². The van der Waals surface area contributed by atoms with Crippen LogP contribution in [-0.2, 0) is 15.7 Å². The minimum absolute atomic E-state index is 0.00416. The molecule has 0 bridgehead atoms. The molecular weight excluding hydrogens is 353 g/mol. The lowest BCUT2D eigenvalue weighted by atomic mass is 9.67. The normalized spacial score (nSPS) is 32.7. The molecule has 1 aromatic rings. The molecule has 1 saturated heterocycles. The van der Waals surface area contributed by atoms with Gasteiger partial charge in [-0.1, -0.05) is 43.4 Å². The number of rotatable bonds is 0. The molecule has 1 aromatic carbocycles. The van der Waals surface area contributed by atoms with Crippen LogP contribution in [0.3, 0.4) is 0 Å². The van der Waals surface area contributed by atoms with Gasteiger partial charge >= 0.3 is 6.18 Å². The van der Waals surface area contributed by atoms with Crippen molar-refractivity contribution in [2.75, 3.05) is 0 Å². The average molecular weight is 378 g/mol. The lowest BCUT2D eigenvalue weighted by Crippen LogP contribution is -2.42. The third-order valence-electron chi connectivity index (χ3n) is 5.40. The summed E-state index contributed by atoms with van der Waals surface area (Å²) in [4.78, 5) is 0. The number of benzene rings is 1. The van der Waals surface area contributed by atoms with Gasteiger partial charge in [0.05, 0.1) is 17.8 Å². The van der Waals surface area contributed by atoms with Gasteiger partial charge in [0.25, 0.3) is 0 Å². The summed E-state index contributed by atoms with van der Waals surface area (Å²) in [6.45, 7) is 10.0. The fraction of sp³-hybridized carbons (Fsp3) is 0.545. The van der Waals surface area contributed by atoms with Crippen LogP contribution < -0.4 is 0 Å². The van der Waals surface area contributed by atoms with Gasteiger partial charge in [0.15, 0.2) is 5.79 Å². The number of halogens is 3. The Kier molecular flexibility index (Phi) is 4.95. The fourth-order valence-corrected chi connectivity index (χ4v) is 4.13. The molecule has 0 amide bonds. The number of hydrogen-bond acceptors (Lipinski definition) is 2. The molecule has 0 aromatic heterocycles. The van der Waals surface area contributed by atoms with Crippen molar-refractivity contribution < 1.29 is 22.6 Å². The summed E-state index contributed by atoms with van der Waals surface area (Å²) in [5.41, 5.74) is -0.0358. The molecule has 3 atom stereocenters. The fourth-order valence-electron chi connectivity index (χ4n) is 4.13. The van der Waals surface area contributed by atoms with Crippen LogP contribution in [0, 0.1) is 23.2 Å². The number of ether oxygens (including phenoxy) is 2. The van der Waals surface area contributed by atoms with Crippen LogP contribution in [0.15, 0.2) is 35.9 Å². The Hall–Kier alpha value is -1.77. The second-order valence-electron chi connectivity index (χ2n) is 8.26. The van der Waals surface area contributed by atoms with Crippen LogP contribution in [0.2, 0.25) is 0 Å². The second-order valence-corrected chi connectivity index (χ2v) is 8.26. The summed E-state index contributed by atoms with van der Waals surface area (Å²) in [6, 6.07) is 5.44. The maximum Gasteiger partial charge on any atom is 0.417 e. The van der Waals surface area contributed by atoms with Gasteiger partial charge in [-0.3, -0.25) is 0 Å². The quantitative estimate of drug-likeness (QED) is 0.434. The molecule has 1 heterocycles. The van der Waals surface area contributed by atoms with E-state index in [0.717, 1.165) is 11.6 Å². The Balaban J connectivity index is 1.95. The van der Waals surface area contributed by atoms with Gasteiger partial charge in [0.2, 0.25) is 0 Å². The molecule has 1 aliphatic heterocycles. The molecule has 1 aliphatic carbocycles. The first-order valence-corrected chi connectivity index (χ1v) is 9.16. The van der Waals surface area contributed by atoms with Gasteiger partial charge in [-0.2, -0.15) is 13.2 Å². The van der Waals surface area contributed by atoms with Crippen LogP contribution in [-0.4, -0.2) is 18.0 Å². The van der Waals surface area contributed by atoms with E-state index in [2.05, 4.69) is 25.7 Å². The first-order valence-electron chi connectivity index (χ1n) is 9.16. The van der Waals surface area contributed by atoms with E-state index in [-0.39, 0.29) is 29.1 Å². The minimum atomic E-state index is -4.42. The highest BCUT2D eigenvalue weighted by Crippen LogP contribution is 2.49. The summed E-state index contributed by atoms with van der Waals surface area (Å²) < 4.78 is 51.8. The largest absolute Gasteiger partial charge is 0.417 e. The Labute approximate surface area is 158 Å². The summed E-state index contributed by atoms with van der Waals surface area (Å²) in [6.07, 6.45) is -1.88. The van der Waals surface area contributed by atoms with Crippen LogP contribution in [0.25, 0.3) is 0 Å². The van der Waals surface area contributed by atoms with Gasteiger partial charge in [0.1, 0.15) is 0 Å². The summed E-state index contributed by atoms with van der Waals surface area (Å²) >= 11 is 0. The zero-order valence-corrected chi connectivity index (χ0v) is 16.3. The van der Waals surface area contributed by atoms with Crippen molar-refractivity contribution in [1.29, 1.82) is 0 Å². The SMILES string of the molecule is CC1=CC2(CC(C)(C)C1C#Cc1ccccc1C(F)(F)F)OC(C)C(C)O2. The summed E-state index contributed by atoms with van der Waals surface area (Å²) in [7, 11) is 0. The van der Waals surface area contributed by atoms with Crippen LogP contribution in [0.5, 0.6) is 0 Å². The predicted octanol–water partition coefficient (Wildman–Crippen LogP) is 5.57. The standard InChI is InChI=1S/C22H25F3O2/c1-14-12-21(26-15(2)16(3)27-21)13-20(4,5)18(14)11-10-17-8-6-7-9-19(17)22(23,24)25/h6-9,12,15-16,18H,13H2,1-5H3. The molecule has 1 fully saturated rings. The molecule has 1 spiro atoms. The molecular formula is C22H25F3O2. The van der Waals surface area contributed by atoms with Crippen molar-refractivity contribution in [2.24, 2.45) is 11.3 Å². The second kappa shape index (κ2) is 6.68. The molecule has 0 radical (unpaired) electrons. The van der Waals surface area contributed by atoms with E-state index in [4.69, 9.17) is 9.47 Å². The van der Waals surface area contributed by atoms with E-state index < -0.39 is 17.5 Å². The van der Waals surface area contributed by atoms with E-state index in [1.54, 1.807) is 6.07 Å². The Morgan fingerprint density at radius 1 is 1.07 bits per heavy atom. The number of hydrogen-bond donors (Lipinski definition) is 0. The van der Waals surface area contributed by atoms with Crippen LogP contribution >= 0.6 is 0 Å². The van der Waals surface area contributed by atoms with Crippen molar-refractivity contribution >= 4 is 0 Å². The zero-order valence-electron chi connectivity index (χ0n) is 16.3. The van der Waals surface area contributed by atoms with Crippen molar-refractivity contribution in [3.8, 4) is 11.8 Å². The third-order valence-corrected chi connectivity index (χ3v) is 5.40. The molecule has 146 valence electrons. The van der Waals surface area contributed by atoms with E-state index in [0.29, 0.717) is 6.42 Å². The lowest BCUT2D eigenvalue weighted by Gasteiger charge is -2.43. The van der Waals surface area contributed by atoms with Gasteiger partial charge in [-0.05, 0) is 44.4 Å². The highest BCUT2D eigenvalue weighted by Gasteiger charge is 2.51. The molecule has 2 aliphatic rings. The molecule has 0 N–H and O–H groups in total. The summed E-state index contributed by atoms with van der Waals surface area (Å²) in [5.74, 6) is 4.92. The average Bonchev–Trinajstić information content (AvgIpc) is 2.78. The lowest BCUT2D eigenvalue weighted by molar-refractivity contribution is -0.164. The van der Waals surface area contributed by atoms with E-state index in [1.807, 2.05) is 26.8 Å². The van der Waals surface area contributed by atoms with E-state index >= 15 is 0 Å². The predicted molar refractivity (Wildman–Crippen MR) is 97.8 cm³/mol. The monoisotopic (exact) mass is 378 g/mol. The number of allylic oxidation sites excluding steroid dienone is 1. The molecule has 2 nitrogen and oxygen atoms in total. The van der Waals surface area contributed by atoms with Crippen LogP contribution in [0.4, 0.5) is 13.2 Å². The smallest absolute Gasteiger partial charge is 0.341 e. The molecule has 3 unspecified atom stereocenters. The molecule has 5 heteroatoms. The van der Waals surface area contributed by atoms with E-state index in [1.165, 1.54) is 12.1 Å². The molecule has 3 rings (SSSR count). The molecule has 0 saturated carbocycles. The molecule has 27 heavy (non-hydrogen) atoms.